The first kappa shape index (κ1) is 18.2. The number of H-pyrrole nitrogens is 1. The number of hydrogen-bond acceptors (Lipinski definition) is 4. The third-order valence-electron chi connectivity index (χ3n) is 5.02. The summed E-state index contributed by atoms with van der Waals surface area (Å²) in [6.07, 6.45) is 0.723. The number of amides is 1. The molecule has 0 aliphatic carbocycles. The molecule has 1 aliphatic rings. The lowest BCUT2D eigenvalue weighted by atomic mass is 10.1. The van der Waals surface area contributed by atoms with Gasteiger partial charge in [0.15, 0.2) is 0 Å². The predicted octanol–water partition coefficient (Wildman–Crippen LogP) is 1.89. The SMILES string of the molecule is CCc1cc2ccc(CN3CCN(C(=O)C(C)C#N)CC3)cc2[nH]c1=O. The highest BCUT2D eigenvalue weighted by molar-refractivity contribution is 5.81. The number of aromatic nitrogens is 1. The van der Waals surface area contributed by atoms with Gasteiger partial charge in [0.25, 0.3) is 5.56 Å². The number of carbonyl (C=O) groups is 1. The van der Waals surface area contributed by atoms with E-state index in [2.05, 4.69) is 16.0 Å². The first-order chi connectivity index (χ1) is 12.5. The van der Waals surface area contributed by atoms with E-state index in [1.807, 2.05) is 31.2 Å². The number of carbonyl (C=O) groups excluding carboxylic acids is 1. The number of hydrogen-bond donors (Lipinski definition) is 1. The molecule has 1 saturated heterocycles. The van der Waals surface area contributed by atoms with Crippen LogP contribution in [0.5, 0.6) is 0 Å². The maximum Gasteiger partial charge on any atom is 0.251 e. The number of aromatic amines is 1. The van der Waals surface area contributed by atoms with Crippen molar-refractivity contribution in [1.82, 2.24) is 14.8 Å². The highest BCUT2D eigenvalue weighted by Gasteiger charge is 2.24. The number of nitrogens with zero attached hydrogens (tertiary/aromatic N) is 3. The average Bonchev–Trinajstić information content (AvgIpc) is 2.66. The summed E-state index contributed by atoms with van der Waals surface area (Å²) in [6, 6.07) is 10.1. The molecule has 1 N–H and O–H groups in total. The lowest BCUT2D eigenvalue weighted by molar-refractivity contribution is -0.135. The van der Waals surface area contributed by atoms with Crippen molar-refractivity contribution in [2.24, 2.45) is 5.92 Å². The largest absolute Gasteiger partial charge is 0.339 e. The molecule has 1 aromatic carbocycles. The second-order valence-corrected chi connectivity index (χ2v) is 6.85. The van der Waals surface area contributed by atoms with Crippen LogP contribution >= 0.6 is 0 Å². The summed E-state index contributed by atoms with van der Waals surface area (Å²) in [5, 5.41) is 9.94. The van der Waals surface area contributed by atoms with Crippen molar-refractivity contribution in [2.75, 3.05) is 26.2 Å². The molecule has 1 unspecified atom stereocenters. The van der Waals surface area contributed by atoms with Crippen LogP contribution in [0.2, 0.25) is 0 Å². The minimum atomic E-state index is -0.577. The number of fused-ring (bicyclic) bond motifs is 1. The molecule has 0 radical (unpaired) electrons. The number of aryl methyl sites for hydroxylation is 1. The molecule has 6 nitrogen and oxygen atoms in total. The molecule has 3 rings (SSSR count). The molecular formula is C20H24N4O2. The monoisotopic (exact) mass is 352 g/mol. The van der Waals surface area contributed by atoms with Gasteiger partial charge in [0.05, 0.1) is 6.07 Å². The van der Waals surface area contributed by atoms with Gasteiger partial charge in [-0.25, -0.2) is 0 Å². The number of rotatable bonds is 4. The molecule has 1 atom stereocenters. The summed E-state index contributed by atoms with van der Waals surface area (Å²) in [5.41, 5.74) is 2.79. The smallest absolute Gasteiger partial charge is 0.251 e. The average molecular weight is 352 g/mol. The van der Waals surface area contributed by atoms with E-state index in [9.17, 15) is 9.59 Å². The Kier molecular flexibility index (Phi) is 5.38. The van der Waals surface area contributed by atoms with Crippen LogP contribution in [-0.2, 0) is 17.8 Å². The summed E-state index contributed by atoms with van der Waals surface area (Å²) < 4.78 is 0. The minimum absolute atomic E-state index is 0.0177. The Balaban J connectivity index is 1.66. The summed E-state index contributed by atoms with van der Waals surface area (Å²) in [4.78, 5) is 31.1. The van der Waals surface area contributed by atoms with E-state index in [-0.39, 0.29) is 11.5 Å². The Morgan fingerprint density at radius 2 is 2.00 bits per heavy atom. The number of nitrogens with one attached hydrogen (secondary N) is 1. The van der Waals surface area contributed by atoms with Crippen LogP contribution < -0.4 is 5.56 Å². The molecule has 0 saturated carbocycles. The van der Waals surface area contributed by atoms with Gasteiger partial charge in [-0.05, 0) is 36.4 Å². The van der Waals surface area contributed by atoms with E-state index >= 15 is 0 Å². The summed E-state index contributed by atoms with van der Waals surface area (Å²) >= 11 is 0. The lowest BCUT2D eigenvalue weighted by Crippen LogP contribution is -2.49. The first-order valence-corrected chi connectivity index (χ1v) is 9.07. The Labute approximate surface area is 153 Å². The van der Waals surface area contributed by atoms with Crippen LogP contribution in [0.4, 0.5) is 0 Å². The van der Waals surface area contributed by atoms with E-state index in [0.29, 0.717) is 13.1 Å². The standard InChI is InChI=1S/C20H24N4O2/c1-3-16-11-17-5-4-15(10-18(17)22-19(16)25)13-23-6-8-24(9-7-23)20(26)14(2)12-21/h4-5,10-11,14H,3,6-9,13H2,1-2H3,(H,22,25). The Bertz CT molecular complexity index is 904. The molecule has 6 heteroatoms. The number of pyridine rings is 1. The molecule has 1 aliphatic heterocycles. The third-order valence-corrected chi connectivity index (χ3v) is 5.02. The van der Waals surface area contributed by atoms with Crippen LogP contribution in [-0.4, -0.2) is 46.9 Å². The molecule has 1 amide bonds. The molecule has 1 aromatic heterocycles. The number of nitriles is 1. The van der Waals surface area contributed by atoms with Crippen molar-refractivity contribution in [3.8, 4) is 6.07 Å². The number of piperazine rings is 1. The Hall–Kier alpha value is -2.65. The molecule has 26 heavy (non-hydrogen) atoms. The normalized spacial score (nSPS) is 16.4. The van der Waals surface area contributed by atoms with Crippen molar-refractivity contribution in [3.05, 3.63) is 45.7 Å². The van der Waals surface area contributed by atoms with Crippen LogP contribution in [0.1, 0.15) is 25.0 Å². The van der Waals surface area contributed by atoms with Gasteiger partial charge in [-0.15, -0.1) is 0 Å². The zero-order chi connectivity index (χ0) is 18.7. The van der Waals surface area contributed by atoms with Crippen molar-refractivity contribution in [1.29, 1.82) is 5.26 Å². The summed E-state index contributed by atoms with van der Waals surface area (Å²) in [7, 11) is 0. The van der Waals surface area contributed by atoms with Gasteiger partial charge in [0.1, 0.15) is 5.92 Å². The van der Waals surface area contributed by atoms with Crippen molar-refractivity contribution < 1.29 is 4.79 Å². The fraction of sp³-hybridized carbons (Fsp3) is 0.450. The van der Waals surface area contributed by atoms with Gasteiger partial charge in [-0.3, -0.25) is 14.5 Å². The van der Waals surface area contributed by atoms with E-state index in [1.165, 1.54) is 0 Å². The van der Waals surface area contributed by atoms with Gasteiger partial charge >= 0.3 is 0 Å². The highest BCUT2D eigenvalue weighted by Crippen LogP contribution is 2.16. The summed E-state index contributed by atoms with van der Waals surface area (Å²) in [5.74, 6) is -0.658. The van der Waals surface area contributed by atoms with Crippen LogP contribution in [0, 0.1) is 17.2 Å². The van der Waals surface area contributed by atoms with Gasteiger partial charge in [-0.2, -0.15) is 5.26 Å². The highest BCUT2D eigenvalue weighted by atomic mass is 16.2. The quantitative estimate of drug-likeness (QED) is 0.911. The molecule has 136 valence electrons. The lowest BCUT2D eigenvalue weighted by Gasteiger charge is -2.35. The molecule has 2 heterocycles. The van der Waals surface area contributed by atoms with Crippen molar-refractivity contribution in [3.63, 3.8) is 0 Å². The van der Waals surface area contributed by atoms with E-state index < -0.39 is 5.92 Å². The van der Waals surface area contributed by atoms with Crippen LogP contribution in [0.3, 0.4) is 0 Å². The second kappa shape index (κ2) is 7.71. The molecule has 0 spiro atoms. The molecule has 2 aromatic rings. The molecular weight excluding hydrogens is 328 g/mol. The maximum absolute atomic E-state index is 12.1. The van der Waals surface area contributed by atoms with Gasteiger partial charge in [-0.1, -0.05) is 19.1 Å². The summed E-state index contributed by atoms with van der Waals surface area (Å²) in [6.45, 7) is 7.27. The topological polar surface area (TPSA) is 80.2 Å². The fourth-order valence-electron chi connectivity index (χ4n) is 3.37. The predicted molar refractivity (Wildman–Crippen MR) is 101 cm³/mol. The van der Waals surface area contributed by atoms with E-state index in [4.69, 9.17) is 5.26 Å². The fourth-order valence-corrected chi connectivity index (χ4v) is 3.37. The molecule has 0 bridgehead atoms. The molecule has 1 fully saturated rings. The van der Waals surface area contributed by atoms with Gasteiger partial charge in [0, 0.05) is 43.8 Å². The van der Waals surface area contributed by atoms with Gasteiger partial charge < -0.3 is 9.88 Å². The van der Waals surface area contributed by atoms with Crippen LogP contribution in [0.25, 0.3) is 10.9 Å². The second-order valence-electron chi connectivity index (χ2n) is 6.85. The first-order valence-electron chi connectivity index (χ1n) is 9.07. The van der Waals surface area contributed by atoms with Crippen molar-refractivity contribution in [2.45, 2.75) is 26.8 Å². The third kappa shape index (κ3) is 3.78. The number of benzene rings is 1. The zero-order valence-electron chi connectivity index (χ0n) is 15.3. The Morgan fingerprint density at radius 3 is 2.65 bits per heavy atom. The zero-order valence-corrected chi connectivity index (χ0v) is 15.3. The van der Waals surface area contributed by atoms with E-state index in [0.717, 1.165) is 48.1 Å². The maximum atomic E-state index is 12.1. The van der Waals surface area contributed by atoms with Crippen LogP contribution in [0.15, 0.2) is 29.1 Å². The van der Waals surface area contributed by atoms with E-state index in [1.54, 1.807) is 11.8 Å². The van der Waals surface area contributed by atoms with Crippen molar-refractivity contribution >= 4 is 16.8 Å². The minimum Gasteiger partial charge on any atom is -0.339 e. The van der Waals surface area contributed by atoms with Gasteiger partial charge in [0.2, 0.25) is 5.91 Å². The Morgan fingerprint density at radius 1 is 1.27 bits per heavy atom.